The molecule has 1 amide bonds. The molecule has 2 aromatic heterocycles. The number of anilines is 1. The Labute approximate surface area is 220 Å². The van der Waals surface area contributed by atoms with Crippen LogP contribution in [0.25, 0.3) is 22.2 Å². The van der Waals surface area contributed by atoms with Gasteiger partial charge in [-0.25, -0.2) is 9.78 Å². The highest BCUT2D eigenvalue weighted by Gasteiger charge is 2.33. The molecule has 1 unspecified atom stereocenters. The molecule has 3 heterocycles. The predicted molar refractivity (Wildman–Crippen MR) is 145 cm³/mol. The van der Waals surface area contributed by atoms with Crippen LogP contribution in [-0.4, -0.2) is 44.4 Å². The van der Waals surface area contributed by atoms with E-state index in [4.69, 9.17) is 31.8 Å². The number of hydrogen-bond acceptors (Lipinski definition) is 6. The lowest BCUT2D eigenvalue weighted by atomic mass is 10.0. The summed E-state index contributed by atoms with van der Waals surface area (Å²) in [6.45, 7) is 6.25. The lowest BCUT2D eigenvalue weighted by Crippen LogP contribution is -2.40. The molecule has 0 spiro atoms. The van der Waals surface area contributed by atoms with Gasteiger partial charge < -0.3 is 20.1 Å². The first-order valence-electron chi connectivity index (χ1n) is 12.3. The first-order chi connectivity index (χ1) is 17.7. The van der Waals surface area contributed by atoms with Crippen molar-refractivity contribution in [3.05, 3.63) is 65.3 Å². The molecule has 0 radical (unpaired) electrons. The summed E-state index contributed by atoms with van der Waals surface area (Å²) >= 11 is 6.76. The monoisotopic (exact) mass is 519 g/mol. The number of aromatic amines is 1. The number of fused-ring (bicyclic) bond motifs is 1. The summed E-state index contributed by atoms with van der Waals surface area (Å²) in [6.07, 6.45) is 1.96. The van der Waals surface area contributed by atoms with Crippen molar-refractivity contribution < 1.29 is 14.3 Å². The van der Waals surface area contributed by atoms with Crippen molar-refractivity contribution in [3.8, 4) is 22.8 Å². The van der Waals surface area contributed by atoms with Gasteiger partial charge in [0.2, 0.25) is 0 Å². The van der Waals surface area contributed by atoms with Crippen LogP contribution < -0.4 is 10.5 Å². The molecule has 1 atom stereocenters. The number of H-pyrrole nitrogens is 1. The Morgan fingerprint density at radius 3 is 2.54 bits per heavy atom. The van der Waals surface area contributed by atoms with Crippen LogP contribution in [0.15, 0.2) is 54.6 Å². The van der Waals surface area contributed by atoms with Crippen molar-refractivity contribution in [3.63, 3.8) is 0 Å². The van der Waals surface area contributed by atoms with Crippen LogP contribution >= 0.6 is 11.6 Å². The van der Waals surface area contributed by atoms with E-state index in [0.717, 1.165) is 35.2 Å². The number of nitrogen functional groups attached to an aromatic ring is 1. The number of benzene rings is 2. The van der Waals surface area contributed by atoms with Gasteiger partial charge in [0.05, 0.1) is 16.6 Å². The molecule has 2 aromatic carbocycles. The molecule has 1 fully saturated rings. The van der Waals surface area contributed by atoms with E-state index in [9.17, 15) is 4.79 Å². The molecule has 4 aromatic rings. The number of likely N-dealkylation sites (tertiary alicyclic amines) is 1. The summed E-state index contributed by atoms with van der Waals surface area (Å²) in [5.41, 5.74) is 8.71. The molecule has 1 saturated heterocycles. The molecule has 37 heavy (non-hydrogen) atoms. The number of rotatable bonds is 5. The van der Waals surface area contributed by atoms with E-state index in [2.05, 4.69) is 10.2 Å². The van der Waals surface area contributed by atoms with Gasteiger partial charge in [0, 0.05) is 23.7 Å². The largest absolute Gasteiger partial charge is 0.457 e. The summed E-state index contributed by atoms with van der Waals surface area (Å²) in [6, 6.07) is 17.1. The highest BCUT2D eigenvalue weighted by Crippen LogP contribution is 2.37. The number of carbonyl (C=O) groups is 1. The van der Waals surface area contributed by atoms with Gasteiger partial charge in [0.1, 0.15) is 22.3 Å². The molecule has 0 saturated carbocycles. The van der Waals surface area contributed by atoms with Crippen LogP contribution in [0.3, 0.4) is 0 Å². The first-order valence-corrected chi connectivity index (χ1v) is 12.7. The third-order valence-corrected chi connectivity index (χ3v) is 6.66. The van der Waals surface area contributed by atoms with Crippen molar-refractivity contribution in [2.24, 2.45) is 0 Å². The zero-order chi connectivity index (χ0) is 26.2. The zero-order valence-electron chi connectivity index (χ0n) is 21.1. The molecular weight excluding hydrogens is 490 g/mol. The average Bonchev–Trinajstić information content (AvgIpc) is 3.48. The fourth-order valence-electron chi connectivity index (χ4n) is 4.68. The Balaban J connectivity index is 1.44. The Morgan fingerprint density at radius 1 is 1.14 bits per heavy atom. The topological polar surface area (TPSA) is 106 Å². The Bertz CT molecular complexity index is 1410. The maximum absolute atomic E-state index is 12.8. The van der Waals surface area contributed by atoms with E-state index in [1.807, 2.05) is 75.4 Å². The van der Waals surface area contributed by atoms with E-state index in [1.165, 1.54) is 0 Å². The highest BCUT2D eigenvalue weighted by molar-refractivity contribution is 6.31. The molecule has 1 aliphatic heterocycles. The minimum absolute atomic E-state index is 0.0536. The van der Waals surface area contributed by atoms with E-state index >= 15 is 0 Å². The average molecular weight is 520 g/mol. The second kappa shape index (κ2) is 9.94. The number of nitrogens with two attached hydrogens (primary N) is 1. The number of nitrogens with zero attached hydrogens (tertiary/aromatic N) is 3. The fraction of sp³-hybridized carbons (Fsp3) is 0.321. The van der Waals surface area contributed by atoms with Gasteiger partial charge in [-0.15, -0.1) is 0 Å². The fourth-order valence-corrected chi connectivity index (χ4v) is 4.94. The van der Waals surface area contributed by atoms with Crippen molar-refractivity contribution in [2.75, 3.05) is 12.3 Å². The van der Waals surface area contributed by atoms with E-state index in [0.29, 0.717) is 40.8 Å². The number of nitrogens with one attached hydrogen (secondary N) is 1. The van der Waals surface area contributed by atoms with Crippen LogP contribution in [0, 0.1) is 0 Å². The molecule has 9 heteroatoms. The number of ether oxygens (including phenoxy) is 2. The van der Waals surface area contributed by atoms with Crippen LogP contribution in [0.5, 0.6) is 11.5 Å². The van der Waals surface area contributed by atoms with E-state index in [-0.39, 0.29) is 12.1 Å². The van der Waals surface area contributed by atoms with E-state index < -0.39 is 5.60 Å². The number of halogens is 1. The second-order valence-electron chi connectivity index (χ2n) is 10.2. The minimum atomic E-state index is -0.558. The van der Waals surface area contributed by atoms with Crippen LogP contribution in [0.1, 0.15) is 39.2 Å². The maximum Gasteiger partial charge on any atom is 0.410 e. The third kappa shape index (κ3) is 5.34. The number of amides is 1. The van der Waals surface area contributed by atoms with Gasteiger partial charge in [0.25, 0.3) is 0 Å². The lowest BCUT2D eigenvalue weighted by molar-refractivity contribution is 0.0227. The Hall–Kier alpha value is -3.78. The third-order valence-electron chi connectivity index (χ3n) is 6.34. The minimum Gasteiger partial charge on any atom is -0.457 e. The van der Waals surface area contributed by atoms with Gasteiger partial charge in [-0.05, 0) is 76.4 Å². The van der Waals surface area contributed by atoms with Crippen molar-refractivity contribution in [2.45, 2.75) is 51.7 Å². The molecule has 8 nitrogen and oxygen atoms in total. The smallest absolute Gasteiger partial charge is 0.410 e. The Morgan fingerprint density at radius 2 is 1.84 bits per heavy atom. The Kier molecular flexibility index (Phi) is 6.69. The van der Waals surface area contributed by atoms with Gasteiger partial charge in [0.15, 0.2) is 5.82 Å². The summed E-state index contributed by atoms with van der Waals surface area (Å²) in [5, 5.41) is 8.37. The van der Waals surface area contributed by atoms with Crippen molar-refractivity contribution in [1.82, 2.24) is 20.1 Å². The molecule has 192 valence electrons. The SMILES string of the molecule is CC(C)(C)OC(=O)N1CCCC1Cc1c(Cl)nc(-c2ccc(Oc3ccccc3)cc2)c2c(N)n[nH]c12. The molecule has 5 rings (SSSR count). The number of aromatic nitrogens is 3. The highest BCUT2D eigenvalue weighted by atomic mass is 35.5. The number of para-hydroxylation sites is 1. The van der Waals surface area contributed by atoms with E-state index in [1.54, 1.807) is 4.90 Å². The predicted octanol–water partition coefficient (Wildman–Crippen LogP) is 6.59. The summed E-state index contributed by atoms with van der Waals surface area (Å²) in [7, 11) is 0. The summed E-state index contributed by atoms with van der Waals surface area (Å²) in [5.74, 6) is 1.81. The van der Waals surface area contributed by atoms with Crippen molar-refractivity contribution in [1.29, 1.82) is 0 Å². The molecule has 3 N–H and O–H groups in total. The van der Waals surface area contributed by atoms with Gasteiger partial charge in [-0.3, -0.25) is 5.10 Å². The van der Waals surface area contributed by atoms with Gasteiger partial charge >= 0.3 is 6.09 Å². The maximum atomic E-state index is 12.8. The second-order valence-corrected chi connectivity index (χ2v) is 10.6. The molecule has 0 aliphatic carbocycles. The quantitative estimate of drug-likeness (QED) is 0.288. The lowest BCUT2D eigenvalue weighted by Gasteiger charge is -2.29. The van der Waals surface area contributed by atoms with Crippen LogP contribution in [0.4, 0.5) is 10.6 Å². The zero-order valence-corrected chi connectivity index (χ0v) is 21.9. The van der Waals surface area contributed by atoms with Gasteiger partial charge in [-0.2, -0.15) is 5.10 Å². The number of carbonyl (C=O) groups excluding carboxylic acids is 1. The standard InChI is InChI=1S/C28H30ClN5O3/c1-28(2,3)37-27(35)34-15-7-8-18(34)16-21-24-22(26(30)33-32-24)23(31-25(21)29)17-11-13-20(14-12-17)36-19-9-5-4-6-10-19/h4-6,9-14,18H,7-8,15-16H2,1-3H3,(H3,30,32,33). The molecule has 0 bridgehead atoms. The van der Waals surface area contributed by atoms with Gasteiger partial charge in [-0.1, -0.05) is 29.8 Å². The summed E-state index contributed by atoms with van der Waals surface area (Å²) < 4.78 is 11.5. The molecule has 1 aliphatic rings. The number of pyridine rings is 1. The normalized spacial score (nSPS) is 15.8. The van der Waals surface area contributed by atoms with Crippen LogP contribution in [-0.2, 0) is 11.2 Å². The summed E-state index contributed by atoms with van der Waals surface area (Å²) in [4.78, 5) is 19.3. The van der Waals surface area contributed by atoms with Crippen molar-refractivity contribution >= 4 is 34.4 Å². The van der Waals surface area contributed by atoms with Crippen LogP contribution in [0.2, 0.25) is 5.15 Å². The number of hydrogen-bond donors (Lipinski definition) is 2. The molecular formula is C28H30ClN5O3. The first kappa shape index (κ1) is 24.9.